The third-order valence-electron chi connectivity index (χ3n) is 4.71. The number of aromatic nitrogens is 5. The summed E-state index contributed by atoms with van der Waals surface area (Å²) in [5, 5.41) is 6.96. The molecule has 4 rings (SSSR count). The van der Waals surface area contributed by atoms with E-state index in [0.717, 1.165) is 55.5 Å². The van der Waals surface area contributed by atoms with Gasteiger partial charge in [0.25, 0.3) is 0 Å². The van der Waals surface area contributed by atoms with Crippen molar-refractivity contribution < 1.29 is 0 Å². The van der Waals surface area contributed by atoms with Crippen molar-refractivity contribution in [2.45, 2.75) is 32.2 Å². The standard InChI is InChI=1S/C18H22N6O/c1-13-10-19-16(20-13)12-23-9-5-6-14(11-23)17-21-22-18(25)24(17)15-7-3-2-4-8-15/h2-4,7-8,10,14H,5-6,9,11-12H2,1H3,(H,19,20)(H,22,25)/t14-/m1/s1. The number of aryl methyl sites for hydroxylation is 1. The van der Waals surface area contributed by atoms with Gasteiger partial charge in [-0.25, -0.2) is 19.4 Å². The number of hydrogen-bond donors (Lipinski definition) is 2. The van der Waals surface area contributed by atoms with Crippen LogP contribution in [0, 0.1) is 6.92 Å². The molecule has 0 amide bonds. The predicted molar refractivity (Wildman–Crippen MR) is 94.8 cm³/mol. The van der Waals surface area contributed by atoms with Crippen molar-refractivity contribution in [3.63, 3.8) is 0 Å². The molecule has 0 saturated carbocycles. The molecule has 1 fully saturated rings. The van der Waals surface area contributed by atoms with Crippen LogP contribution in [0.25, 0.3) is 5.69 Å². The summed E-state index contributed by atoms with van der Waals surface area (Å²) in [6, 6.07) is 9.69. The molecule has 1 atom stereocenters. The van der Waals surface area contributed by atoms with E-state index in [2.05, 4.69) is 25.1 Å². The van der Waals surface area contributed by atoms with Crippen molar-refractivity contribution in [1.29, 1.82) is 0 Å². The van der Waals surface area contributed by atoms with Gasteiger partial charge in [0.1, 0.15) is 11.6 Å². The number of aromatic amines is 2. The lowest BCUT2D eigenvalue weighted by molar-refractivity contribution is 0.192. The van der Waals surface area contributed by atoms with E-state index in [1.165, 1.54) is 0 Å². The van der Waals surface area contributed by atoms with Gasteiger partial charge in [0.2, 0.25) is 0 Å². The minimum absolute atomic E-state index is 0.181. The highest BCUT2D eigenvalue weighted by Crippen LogP contribution is 2.26. The van der Waals surface area contributed by atoms with Gasteiger partial charge in [0.05, 0.1) is 12.2 Å². The molecule has 7 nitrogen and oxygen atoms in total. The third-order valence-corrected chi connectivity index (χ3v) is 4.71. The first-order valence-electron chi connectivity index (χ1n) is 8.66. The normalized spacial score (nSPS) is 18.5. The Labute approximate surface area is 145 Å². The van der Waals surface area contributed by atoms with Crippen LogP contribution >= 0.6 is 0 Å². The van der Waals surface area contributed by atoms with Gasteiger partial charge in [-0.05, 0) is 38.4 Å². The fraction of sp³-hybridized carbons (Fsp3) is 0.389. The Balaban J connectivity index is 1.57. The summed E-state index contributed by atoms with van der Waals surface area (Å²) in [6.07, 6.45) is 3.97. The molecule has 2 aromatic heterocycles. The average molecular weight is 338 g/mol. The van der Waals surface area contributed by atoms with E-state index in [9.17, 15) is 4.79 Å². The van der Waals surface area contributed by atoms with Crippen molar-refractivity contribution in [2.24, 2.45) is 0 Å². The molecule has 130 valence electrons. The highest BCUT2D eigenvalue weighted by molar-refractivity contribution is 5.32. The molecular formula is C18H22N6O. The van der Waals surface area contributed by atoms with Crippen molar-refractivity contribution in [1.82, 2.24) is 29.6 Å². The minimum Gasteiger partial charge on any atom is -0.345 e. The fourth-order valence-electron chi connectivity index (χ4n) is 3.58. The minimum atomic E-state index is -0.181. The maximum atomic E-state index is 12.3. The molecule has 1 aromatic carbocycles. The zero-order valence-corrected chi connectivity index (χ0v) is 14.3. The predicted octanol–water partition coefficient (Wildman–Crippen LogP) is 1.97. The van der Waals surface area contributed by atoms with E-state index >= 15 is 0 Å². The van der Waals surface area contributed by atoms with Crippen molar-refractivity contribution in [3.8, 4) is 5.69 Å². The molecule has 0 aliphatic carbocycles. The topological polar surface area (TPSA) is 82.6 Å². The van der Waals surface area contributed by atoms with Crippen LogP contribution in [-0.2, 0) is 6.54 Å². The summed E-state index contributed by atoms with van der Waals surface area (Å²) in [5.74, 6) is 2.03. The highest BCUT2D eigenvalue weighted by atomic mass is 16.1. The molecule has 1 saturated heterocycles. The van der Waals surface area contributed by atoms with Gasteiger partial charge >= 0.3 is 5.69 Å². The van der Waals surface area contributed by atoms with Crippen LogP contribution in [0.1, 0.15) is 36.1 Å². The first kappa shape index (κ1) is 15.8. The second kappa shape index (κ2) is 6.68. The second-order valence-corrected chi connectivity index (χ2v) is 6.65. The lowest BCUT2D eigenvalue weighted by Gasteiger charge is -2.31. The summed E-state index contributed by atoms with van der Waals surface area (Å²) >= 11 is 0. The summed E-state index contributed by atoms with van der Waals surface area (Å²) in [7, 11) is 0. The van der Waals surface area contributed by atoms with E-state index in [1.54, 1.807) is 4.57 Å². The SMILES string of the molecule is Cc1cnc(CN2CCC[C@@H](c3n[nH]c(=O)n3-c3ccccc3)C2)[nH]1. The largest absolute Gasteiger partial charge is 0.347 e. The number of likely N-dealkylation sites (tertiary alicyclic amines) is 1. The van der Waals surface area contributed by atoms with Crippen LogP contribution in [-0.4, -0.2) is 42.7 Å². The van der Waals surface area contributed by atoms with Crippen LogP contribution in [0.3, 0.4) is 0 Å². The van der Waals surface area contributed by atoms with Crippen LogP contribution in [0.4, 0.5) is 0 Å². The zero-order valence-electron chi connectivity index (χ0n) is 14.3. The van der Waals surface area contributed by atoms with Crippen molar-refractivity contribution >= 4 is 0 Å². The Morgan fingerprint density at radius 2 is 2.12 bits per heavy atom. The molecule has 7 heteroatoms. The Kier molecular flexibility index (Phi) is 4.23. The van der Waals surface area contributed by atoms with Gasteiger partial charge in [-0.15, -0.1) is 0 Å². The number of rotatable bonds is 4. The summed E-state index contributed by atoms with van der Waals surface area (Å²) in [5.41, 5.74) is 1.75. The Morgan fingerprint density at radius 3 is 2.88 bits per heavy atom. The molecule has 1 aliphatic heterocycles. The number of nitrogens with one attached hydrogen (secondary N) is 2. The average Bonchev–Trinajstić information content (AvgIpc) is 3.21. The van der Waals surface area contributed by atoms with Gasteiger partial charge in [-0.3, -0.25) is 4.90 Å². The maximum absolute atomic E-state index is 12.3. The lowest BCUT2D eigenvalue weighted by atomic mass is 9.97. The quantitative estimate of drug-likeness (QED) is 0.762. The van der Waals surface area contributed by atoms with Gasteiger partial charge in [-0.2, -0.15) is 5.10 Å². The van der Waals surface area contributed by atoms with E-state index in [4.69, 9.17) is 0 Å². The Hall–Kier alpha value is -2.67. The van der Waals surface area contributed by atoms with Crippen LogP contribution in [0.2, 0.25) is 0 Å². The molecule has 0 bridgehead atoms. The van der Waals surface area contributed by atoms with Crippen molar-refractivity contribution in [2.75, 3.05) is 13.1 Å². The van der Waals surface area contributed by atoms with Gasteiger partial charge in [-0.1, -0.05) is 18.2 Å². The molecule has 3 heterocycles. The monoisotopic (exact) mass is 338 g/mol. The van der Waals surface area contributed by atoms with Gasteiger partial charge < -0.3 is 4.98 Å². The van der Waals surface area contributed by atoms with Crippen LogP contribution in [0.15, 0.2) is 41.3 Å². The number of hydrogen-bond acceptors (Lipinski definition) is 4. The zero-order chi connectivity index (χ0) is 17.2. The number of imidazole rings is 1. The number of H-pyrrole nitrogens is 2. The van der Waals surface area contributed by atoms with Gasteiger partial charge in [0.15, 0.2) is 0 Å². The fourth-order valence-corrected chi connectivity index (χ4v) is 3.58. The highest BCUT2D eigenvalue weighted by Gasteiger charge is 2.27. The summed E-state index contributed by atoms with van der Waals surface area (Å²) < 4.78 is 1.70. The molecule has 25 heavy (non-hydrogen) atoms. The molecule has 0 unspecified atom stereocenters. The van der Waals surface area contributed by atoms with E-state index in [-0.39, 0.29) is 11.6 Å². The third kappa shape index (κ3) is 3.28. The van der Waals surface area contributed by atoms with Gasteiger partial charge in [0, 0.05) is 24.4 Å². The number of nitrogens with zero attached hydrogens (tertiary/aromatic N) is 4. The first-order chi connectivity index (χ1) is 12.2. The summed E-state index contributed by atoms with van der Waals surface area (Å²) in [4.78, 5) is 22.3. The lowest BCUT2D eigenvalue weighted by Crippen LogP contribution is -2.35. The first-order valence-corrected chi connectivity index (χ1v) is 8.66. The maximum Gasteiger partial charge on any atom is 0.347 e. The Bertz CT molecular complexity index is 894. The molecule has 0 radical (unpaired) electrons. The van der Waals surface area contributed by atoms with E-state index in [0.29, 0.717) is 0 Å². The number of benzene rings is 1. The van der Waals surface area contributed by atoms with Crippen LogP contribution < -0.4 is 5.69 Å². The van der Waals surface area contributed by atoms with E-state index in [1.807, 2.05) is 43.5 Å². The smallest absolute Gasteiger partial charge is 0.345 e. The van der Waals surface area contributed by atoms with Crippen LogP contribution in [0.5, 0.6) is 0 Å². The van der Waals surface area contributed by atoms with E-state index < -0.39 is 0 Å². The molecular weight excluding hydrogens is 316 g/mol. The molecule has 0 spiro atoms. The Morgan fingerprint density at radius 1 is 1.28 bits per heavy atom. The summed E-state index contributed by atoms with van der Waals surface area (Å²) in [6.45, 7) is 4.72. The number of para-hydroxylation sites is 1. The molecule has 1 aliphatic rings. The number of piperidine rings is 1. The molecule has 3 aromatic rings. The van der Waals surface area contributed by atoms with Crippen molar-refractivity contribution in [3.05, 3.63) is 64.4 Å². The molecule has 2 N–H and O–H groups in total. The second-order valence-electron chi connectivity index (χ2n) is 6.65.